The molecule has 1 aromatic rings. The Labute approximate surface area is 163 Å². The Kier molecular flexibility index (Phi) is 12.5. The van der Waals surface area contributed by atoms with Gasteiger partial charge in [-0.05, 0) is 56.0 Å². The summed E-state index contributed by atoms with van der Waals surface area (Å²) in [6.45, 7) is 6.81. The molecular weight excluding hydrogens is 451 g/mol. The summed E-state index contributed by atoms with van der Waals surface area (Å²) in [6, 6.07) is 7.28. The van der Waals surface area contributed by atoms with Gasteiger partial charge < -0.3 is 5.32 Å². The maximum atomic E-state index is 3.64. The predicted octanol–water partition coefficient (Wildman–Crippen LogP) is 5.58. The van der Waals surface area contributed by atoms with Gasteiger partial charge in [-0.15, -0.1) is 24.8 Å². The molecule has 1 aromatic carbocycles. The summed E-state index contributed by atoms with van der Waals surface area (Å²) in [5, 5.41) is 3.45. The second kappa shape index (κ2) is 12.1. The molecule has 1 N–H and O–H groups in total. The van der Waals surface area contributed by atoms with E-state index in [1.165, 1.54) is 31.2 Å². The van der Waals surface area contributed by atoms with Gasteiger partial charge in [-0.3, -0.25) is 4.90 Å². The first-order valence-corrected chi connectivity index (χ1v) is 9.20. The van der Waals surface area contributed by atoms with E-state index in [2.05, 4.69) is 67.2 Å². The van der Waals surface area contributed by atoms with Crippen LogP contribution in [0.1, 0.15) is 44.2 Å². The molecule has 1 fully saturated rings. The fourth-order valence-electron chi connectivity index (χ4n) is 2.86. The van der Waals surface area contributed by atoms with Crippen molar-refractivity contribution in [2.45, 2.75) is 38.6 Å². The normalized spacial score (nSPS) is 16.5. The Morgan fingerprint density at radius 2 is 1.77 bits per heavy atom. The Balaban J connectivity index is 0.00000220. The number of nitrogens with zero attached hydrogens (tertiary/aromatic N) is 1. The standard InChI is InChI=1S/C16H24Br2N2.2ClH/c1-2-3-4-5-16(20-10-8-19-9-11-20)13-6-7-14(17)15(18)12-13;;/h6-7,12,16,19H,2-5,8-11H2,1H3;2*1H/t16-;;/m1../s1. The highest BCUT2D eigenvalue weighted by molar-refractivity contribution is 9.13. The molecule has 1 heterocycles. The maximum Gasteiger partial charge on any atom is 0.0349 e. The second-order valence-corrected chi connectivity index (χ2v) is 7.18. The van der Waals surface area contributed by atoms with Gasteiger partial charge in [0.05, 0.1) is 0 Å². The SMILES string of the molecule is CCCCC[C@H](c1ccc(Br)c(Br)c1)N1CCNCC1.Cl.Cl. The minimum absolute atomic E-state index is 0. The number of nitrogens with one attached hydrogen (secondary N) is 1. The lowest BCUT2D eigenvalue weighted by Gasteiger charge is -2.35. The van der Waals surface area contributed by atoms with Gasteiger partial charge in [0.1, 0.15) is 0 Å². The van der Waals surface area contributed by atoms with E-state index in [1.54, 1.807) is 0 Å². The molecule has 0 radical (unpaired) electrons. The molecule has 0 bridgehead atoms. The summed E-state index contributed by atoms with van der Waals surface area (Å²) in [5.74, 6) is 0. The van der Waals surface area contributed by atoms with Gasteiger partial charge >= 0.3 is 0 Å². The third kappa shape index (κ3) is 6.66. The van der Waals surface area contributed by atoms with Crippen LogP contribution in [0.3, 0.4) is 0 Å². The Morgan fingerprint density at radius 3 is 2.36 bits per heavy atom. The van der Waals surface area contributed by atoms with Crippen molar-refractivity contribution in [2.75, 3.05) is 26.2 Å². The number of unbranched alkanes of at least 4 members (excludes halogenated alkanes) is 2. The van der Waals surface area contributed by atoms with Crippen molar-refractivity contribution in [3.63, 3.8) is 0 Å². The van der Waals surface area contributed by atoms with Crippen LogP contribution in [0.2, 0.25) is 0 Å². The highest BCUT2D eigenvalue weighted by Crippen LogP contribution is 2.32. The van der Waals surface area contributed by atoms with Crippen LogP contribution >= 0.6 is 56.7 Å². The summed E-state index contributed by atoms with van der Waals surface area (Å²) in [6.07, 6.45) is 5.21. The largest absolute Gasteiger partial charge is 0.314 e. The Hall–Kier alpha value is 0.680. The number of hydrogen-bond donors (Lipinski definition) is 1. The molecule has 2 nitrogen and oxygen atoms in total. The summed E-state index contributed by atoms with van der Waals surface area (Å²) in [7, 11) is 0. The van der Waals surface area contributed by atoms with E-state index in [-0.39, 0.29) is 24.8 Å². The van der Waals surface area contributed by atoms with Crippen molar-refractivity contribution in [2.24, 2.45) is 0 Å². The van der Waals surface area contributed by atoms with E-state index < -0.39 is 0 Å². The quantitative estimate of drug-likeness (QED) is 0.539. The van der Waals surface area contributed by atoms with Crippen LogP contribution in [0.15, 0.2) is 27.1 Å². The van der Waals surface area contributed by atoms with Gasteiger partial charge in [-0.2, -0.15) is 0 Å². The highest BCUT2D eigenvalue weighted by atomic mass is 79.9. The van der Waals surface area contributed by atoms with Crippen LogP contribution < -0.4 is 5.32 Å². The lowest BCUT2D eigenvalue weighted by molar-refractivity contribution is 0.162. The monoisotopic (exact) mass is 474 g/mol. The van der Waals surface area contributed by atoms with Gasteiger partial charge in [0.25, 0.3) is 0 Å². The molecule has 22 heavy (non-hydrogen) atoms. The van der Waals surface area contributed by atoms with E-state index >= 15 is 0 Å². The smallest absolute Gasteiger partial charge is 0.0349 e. The lowest BCUT2D eigenvalue weighted by Crippen LogP contribution is -2.45. The minimum Gasteiger partial charge on any atom is -0.314 e. The molecule has 1 aliphatic rings. The molecule has 1 saturated heterocycles. The van der Waals surface area contributed by atoms with Gasteiger partial charge in [-0.1, -0.05) is 32.3 Å². The summed E-state index contributed by atoms with van der Waals surface area (Å²) in [5.41, 5.74) is 1.44. The van der Waals surface area contributed by atoms with E-state index in [9.17, 15) is 0 Å². The number of rotatable bonds is 6. The second-order valence-electron chi connectivity index (χ2n) is 5.47. The van der Waals surface area contributed by atoms with Crippen LogP contribution in [-0.4, -0.2) is 31.1 Å². The van der Waals surface area contributed by atoms with Crippen molar-refractivity contribution >= 4 is 56.7 Å². The van der Waals surface area contributed by atoms with E-state index in [1.807, 2.05) is 0 Å². The van der Waals surface area contributed by atoms with Crippen LogP contribution in [0.4, 0.5) is 0 Å². The van der Waals surface area contributed by atoms with Crippen molar-refractivity contribution in [1.82, 2.24) is 10.2 Å². The molecule has 1 aliphatic heterocycles. The Morgan fingerprint density at radius 1 is 1.09 bits per heavy atom. The van der Waals surface area contributed by atoms with Crippen LogP contribution in [0, 0.1) is 0 Å². The molecule has 6 heteroatoms. The molecule has 0 amide bonds. The molecule has 128 valence electrons. The first kappa shape index (κ1) is 22.7. The van der Waals surface area contributed by atoms with Crippen LogP contribution in [-0.2, 0) is 0 Å². The van der Waals surface area contributed by atoms with Gasteiger partial charge in [-0.25, -0.2) is 0 Å². The van der Waals surface area contributed by atoms with Gasteiger partial charge in [0.15, 0.2) is 0 Å². The van der Waals surface area contributed by atoms with Crippen molar-refractivity contribution in [3.8, 4) is 0 Å². The van der Waals surface area contributed by atoms with E-state index in [0.29, 0.717) is 6.04 Å². The molecular formula is C16H26Br2Cl2N2. The van der Waals surface area contributed by atoms with Crippen LogP contribution in [0.25, 0.3) is 0 Å². The average Bonchev–Trinajstić information content (AvgIpc) is 2.48. The highest BCUT2D eigenvalue weighted by Gasteiger charge is 2.22. The van der Waals surface area contributed by atoms with Crippen molar-refractivity contribution in [3.05, 3.63) is 32.7 Å². The maximum absolute atomic E-state index is 3.64. The molecule has 0 unspecified atom stereocenters. The third-order valence-corrected chi connectivity index (χ3v) is 5.88. The molecule has 1 atom stereocenters. The Bertz CT molecular complexity index is 427. The number of hydrogen-bond acceptors (Lipinski definition) is 2. The fraction of sp³-hybridized carbons (Fsp3) is 0.625. The summed E-state index contributed by atoms with van der Waals surface area (Å²) < 4.78 is 2.29. The topological polar surface area (TPSA) is 15.3 Å². The first-order valence-electron chi connectivity index (χ1n) is 7.62. The molecule has 0 aromatic heterocycles. The molecule has 2 rings (SSSR count). The zero-order chi connectivity index (χ0) is 14.4. The summed E-state index contributed by atoms with van der Waals surface area (Å²) in [4.78, 5) is 2.64. The molecule has 0 spiro atoms. The first-order chi connectivity index (χ1) is 9.72. The zero-order valence-electron chi connectivity index (χ0n) is 13.0. The molecule has 0 aliphatic carbocycles. The zero-order valence-corrected chi connectivity index (χ0v) is 17.8. The summed E-state index contributed by atoms with van der Waals surface area (Å²) >= 11 is 7.21. The minimum atomic E-state index is 0. The van der Waals surface area contributed by atoms with E-state index in [0.717, 1.165) is 35.1 Å². The predicted molar refractivity (Wildman–Crippen MR) is 108 cm³/mol. The fourth-order valence-corrected chi connectivity index (χ4v) is 3.50. The van der Waals surface area contributed by atoms with Crippen molar-refractivity contribution < 1.29 is 0 Å². The lowest BCUT2D eigenvalue weighted by atomic mass is 9.98. The number of halogens is 4. The molecule has 0 saturated carbocycles. The van der Waals surface area contributed by atoms with Crippen molar-refractivity contribution in [1.29, 1.82) is 0 Å². The number of benzene rings is 1. The van der Waals surface area contributed by atoms with Crippen LogP contribution in [0.5, 0.6) is 0 Å². The number of piperazine rings is 1. The average molecular weight is 477 g/mol. The van der Waals surface area contributed by atoms with E-state index in [4.69, 9.17) is 0 Å². The third-order valence-electron chi connectivity index (χ3n) is 4.00. The van der Waals surface area contributed by atoms with Gasteiger partial charge in [0, 0.05) is 41.2 Å². The van der Waals surface area contributed by atoms with Gasteiger partial charge in [0.2, 0.25) is 0 Å².